The summed E-state index contributed by atoms with van der Waals surface area (Å²) in [5.74, 6) is -0.978. The fourth-order valence-electron chi connectivity index (χ4n) is 1.45. The second-order valence-corrected chi connectivity index (χ2v) is 4.05. The Bertz CT molecular complexity index is 615. The lowest BCUT2D eigenvalue weighted by Gasteiger charge is -2.05. The lowest BCUT2D eigenvalue weighted by molar-refractivity contribution is -0.140. The van der Waals surface area contributed by atoms with E-state index in [4.69, 9.17) is 5.11 Å². The van der Waals surface area contributed by atoms with Crippen molar-refractivity contribution >= 4 is 17.7 Å². The first-order valence-electron chi connectivity index (χ1n) is 5.55. The highest BCUT2D eigenvalue weighted by molar-refractivity contribution is 6.03. The van der Waals surface area contributed by atoms with Crippen LogP contribution in [0.4, 0.5) is 5.82 Å². The van der Waals surface area contributed by atoms with Crippen LogP contribution in [0, 0.1) is 0 Å². The van der Waals surface area contributed by atoms with Crippen molar-refractivity contribution in [1.82, 2.24) is 19.6 Å². The van der Waals surface area contributed by atoms with Crippen LogP contribution in [0.5, 0.6) is 0 Å². The zero-order chi connectivity index (χ0) is 14.0. The van der Waals surface area contributed by atoms with Crippen LogP contribution in [0.25, 0.3) is 0 Å². The van der Waals surface area contributed by atoms with E-state index in [1.807, 2.05) is 0 Å². The minimum atomic E-state index is -1.01. The van der Waals surface area contributed by atoms with Crippen molar-refractivity contribution in [2.24, 2.45) is 7.05 Å². The van der Waals surface area contributed by atoms with Gasteiger partial charge in [-0.2, -0.15) is 10.2 Å². The Hall–Kier alpha value is -2.64. The van der Waals surface area contributed by atoms with Gasteiger partial charge >= 0.3 is 5.97 Å². The van der Waals surface area contributed by atoms with Gasteiger partial charge in [-0.25, -0.2) is 4.79 Å². The van der Waals surface area contributed by atoms with Gasteiger partial charge in [-0.3, -0.25) is 14.2 Å². The number of nitrogens with one attached hydrogen (secondary N) is 1. The van der Waals surface area contributed by atoms with E-state index in [0.29, 0.717) is 5.82 Å². The number of anilines is 1. The van der Waals surface area contributed by atoms with E-state index in [1.54, 1.807) is 24.0 Å². The average Bonchev–Trinajstić information content (AvgIpc) is 2.97. The molecule has 0 aromatic carbocycles. The highest BCUT2D eigenvalue weighted by Gasteiger charge is 2.17. The van der Waals surface area contributed by atoms with Gasteiger partial charge in [-0.15, -0.1) is 0 Å². The lowest BCUT2D eigenvalue weighted by atomic mass is 10.3. The third-order valence-electron chi connectivity index (χ3n) is 2.57. The summed E-state index contributed by atoms with van der Waals surface area (Å²) in [4.78, 5) is 22.7. The standard InChI is InChI=1S/C11H13N5O3/c1-7(11(18)19)16-6-8(5-12-16)10(17)13-9-3-4-15(2)14-9/h3-7H,1-2H3,(H,18,19)(H,13,14,17). The molecule has 100 valence electrons. The van der Waals surface area contributed by atoms with Crippen LogP contribution in [0.1, 0.15) is 23.3 Å². The SMILES string of the molecule is CC(C(=O)O)n1cc(C(=O)Nc2ccn(C)n2)cn1. The number of carbonyl (C=O) groups is 2. The van der Waals surface area contributed by atoms with Crippen molar-refractivity contribution in [2.75, 3.05) is 5.32 Å². The molecule has 2 aromatic heterocycles. The minimum absolute atomic E-state index is 0.277. The van der Waals surface area contributed by atoms with E-state index in [9.17, 15) is 9.59 Å². The topological polar surface area (TPSA) is 102 Å². The zero-order valence-corrected chi connectivity index (χ0v) is 10.4. The van der Waals surface area contributed by atoms with Crippen LogP contribution in [0.15, 0.2) is 24.7 Å². The summed E-state index contributed by atoms with van der Waals surface area (Å²) < 4.78 is 2.78. The highest BCUT2D eigenvalue weighted by atomic mass is 16.4. The number of nitrogens with zero attached hydrogens (tertiary/aromatic N) is 4. The molecule has 0 radical (unpaired) electrons. The van der Waals surface area contributed by atoms with E-state index < -0.39 is 12.0 Å². The van der Waals surface area contributed by atoms with Crippen molar-refractivity contribution in [3.05, 3.63) is 30.2 Å². The third-order valence-corrected chi connectivity index (χ3v) is 2.57. The number of hydrogen-bond acceptors (Lipinski definition) is 4. The first kappa shape index (κ1) is 12.8. The third kappa shape index (κ3) is 2.79. The number of carboxylic acid groups (broad SMARTS) is 1. The maximum atomic E-state index is 11.9. The Morgan fingerprint density at radius 2 is 2.21 bits per heavy atom. The van der Waals surface area contributed by atoms with Crippen LogP contribution >= 0.6 is 0 Å². The zero-order valence-electron chi connectivity index (χ0n) is 10.4. The highest BCUT2D eigenvalue weighted by Crippen LogP contribution is 2.09. The van der Waals surface area contributed by atoms with Gasteiger partial charge in [-0.1, -0.05) is 0 Å². The molecule has 8 nitrogen and oxygen atoms in total. The summed E-state index contributed by atoms with van der Waals surface area (Å²) in [5.41, 5.74) is 0.277. The molecule has 1 unspecified atom stereocenters. The quantitative estimate of drug-likeness (QED) is 0.837. The molecule has 0 aliphatic heterocycles. The molecule has 0 saturated heterocycles. The van der Waals surface area contributed by atoms with Crippen molar-refractivity contribution in [3.8, 4) is 0 Å². The van der Waals surface area contributed by atoms with Crippen LogP contribution in [-0.4, -0.2) is 36.5 Å². The van der Waals surface area contributed by atoms with Crippen LogP contribution < -0.4 is 5.32 Å². The van der Waals surface area contributed by atoms with Crippen molar-refractivity contribution < 1.29 is 14.7 Å². The average molecular weight is 263 g/mol. The second-order valence-electron chi connectivity index (χ2n) is 4.05. The van der Waals surface area contributed by atoms with Gasteiger partial charge in [0.2, 0.25) is 0 Å². The molecule has 0 spiro atoms. The number of aryl methyl sites for hydroxylation is 1. The first-order valence-corrected chi connectivity index (χ1v) is 5.55. The summed E-state index contributed by atoms with van der Waals surface area (Å²) in [7, 11) is 1.74. The largest absolute Gasteiger partial charge is 0.480 e. The second kappa shape index (κ2) is 4.92. The van der Waals surface area contributed by atoms with Crippen LogP contribution in [0.3, 0.4) is 0 Å². The minimum Gasteiger partial charge on any atom is -0.480 e. The number of hydrogen-bond donors (Lipinski definition) is 2. The molecule has 0 saturated carbocycles. The molecule has 1 amide bonds. The molecule has 19 heavy (non-hydrogen) atoms. The Balaban J connectivity index is 2.10. The summed E-state index contributed by atoms with van der Waals surface area (Å²) in [6.07, 6.45) is 4.40. The van der Waals surface area contributed by atoms with Gasteiger partial charge in [-0.05, 0) is 6.92 Å². The number of aromatic nitrogens is 4. The summed E-state index contributed by atoms with van der Waals surface area (Å²) in [5, 5.41) is 19.3. The fourth-order valence-corrected chi connectivity index (χ4v) is 1.45. The molecule has 0 fully saturated rings. The molecule has 2 rings (SSSR count). The molecule has 1 atom stereocenters. The smallest absolute Gasteiger partial charge is 0.328 e. The number of aliphatic carboxylic acids is 1. The van der Waals surface area contributed by atoms with Gasteiger partial charge in [0.1, 0.15) is 6.04 Å². The predicted octanol–water partition coefficient (Wildman–Crippen LogP) is 0.514. The molecule has 0 aliphatic carbocycles. The normalized spacial score (nSPS) is 12.1. The van der Waals surface area contributed by atoms with Gasteiger partial charge < -0.3 is 10.4 Å². The van der Waals surface area contributed by atoms with Crippen LogP contribution in [-0.2, 0) is 11.8 Å². The van der Waals surface area contributed by atoms with Gasteiger partial charge in [0, 0.05) is 25.5 Å². The number of carbonyl (C=O) groups excluding carboxylic acids is 1. The maximum Gasteiger partial charge on any atom is 0.328 e. The molecule has 0 bridgehead atoms. The first-order chi connectivity index (χ1) is 8.97. The lowest BCUT2D eigenvalue weighted by Crippen LogP contribution is -2.16. The summed E-state index contributed by atoms with van der Waals surface area (Å²) >= 11 is 0. The van der Waals surface area contributed by atoms with Gasteiger partial charge in [0.25, 0.3) is 5.91 Å². The van der Waals surface area contributed by atoms with E-state index in [2.05, 4.69) is 15.5 Å². The molecule has 8 heteroatoms. The molecule has 2 N–H and O–H groups in total. The van der Waals surface area contributed by atoms with Crippen molar-refractivity contribution in [2.45, 2.75) is 13.0 Å². The number of carboxylic acids is 1. The summed E-state index contributed by atoms with van der Waals surface area (Å²) in [6, 6.07) is 0.832. The molecule has 0 aliphatic rings. The molecule has 2 heterocycles. The van der Waals surface area contributed by atoms with E-state index >= 15 is 0 Å². The van der Waals surface area contributed by atoms with E-state index in [0.717, 1.165) is 0 Å². The molecule has 2 aromatic rings. The monoisotopic (exact) mass is 263 g/mol. The maximum absolute atomic E-state index is 11.9. The number of rotatable bonds is 4. The Labute approximate surface area is 108 Å². The van der Waals surface area contributed by atoms with E-state index in [-0.39, 0.29) is 11.5 Å². The Morgan fingerprint density at radius 1 is 1.47 bits per heavy atom. The molecular weight excluding hydrogens is 250 g/mol. The molecular formula is C11H13N5O3. The van der Waals surface area contributed by atoms with Gasteiger partial charge in [0.05, 0.1) is 11.8 Å². The fraction of sp³-hybridized carbons (Fsp3) is 0.273. The summed E-state index contributed by atoms with van der Waals surface area (Å²) in [6.45, 7) is 1.48. The Morgan fingerprint density at radius 3 is 2.79 bits per heavy atom. The Kier molecular flexibility index (Phi) is 3.32. The van der Waals surface area contributed by atoms with Crippen molar-refractivity contribution in [1.29, 1.82) is 0 Å². The van der Waals surface area contributed by atoms with Crippen LogP contribution in [0.2, 0.25) is 0 Å². The predicted molar refractivity (Wildman–Crippen MR) is 65.7 cm³/mol. The van der Waals surface area contributed by atoms with Gasteiger partial charge in [0.15, 0.2) is 5.82 Å². The number of amides is 1. The van der Waals surface area contributed by atoms with Crippen molar-refractivity contribution in [3.63, 3.8) is 0 Å². The van der Waals surface area contributed by atoms with E-state index in [1.165, 1.54) is 24.0 Å².